The highest BCUT2D eigenvalue weighted by atomic mass is 16.5. The van der Waals surface area contributed by atoms with Gasteiger partial charge in [-0.2, -0.15) is 4.98 Å². The van der Waals surface area contributed by atoms with Gasteiger partial charge in [0, 0.05) is 24.4 Å². The second-order valence-corrected chi connectivity index (χ2v) is 4.98. The number of nitrogens with two attached hydrogens (primary N) is 1. The van der Waals surface area contributed by atoms with E-state index < -0.39 is 0 Å². The Hall–Kier alpha value is -1.75. The summed E-state index contributed by atoms with van der Waals surface area (Å²) in [5.41, 5.74) is 6.96. The van der Waals surface area contributed by atoms with Crippen LogP contribution in [-0.2, 0) is 6.42 Å². The first-order valence-corrected chi connectivity index (χ1v) is 6.24. The Morgan fingerprint density at radius 3 is 2.67 bits per heavy atom. The predicted molar refractivity (Wildman–Crippen MR) is 66.6 cm³/mol. The molecule has 0 atom stereocenters. The van der Waals surface area contributed by atoms with Crippen LogP contribution in [0.3, 0.4) is 0 Å². The van der Waals surface area contributed by atoms with Crippen LogP contribution >= 0.6 is 0 Å². The molecule has 0 spiro atoms. The number of aromatic nitrogens is 3. The van der Waals surface area contributed by atoms with Crippen molar-refractivity contribution in [3.05, 3.63) is 30.4 Å². The summed E-state index contributed by atoms with van der Waals surface area (Å²) in [5.74, 6) is 1.31. The summed E-state index contributed by atoms with van der Waals surface area (Å²) in [6.07, 6.45) is 7.81. The van der Waals surface area contributed by atoms with Crippen LogP contribution < -0.4 is 5.73 Å². The highest BCUT2D eigenvalue weighted by molar-refractivity contribution is 5.52. The summed E-state index contributed by atoms with van der Waals surface area (Å²) >= 11 is 0. The van der Waals surface area contributed by atoms with Crippen LogP contribution in [0.15, 0.2) is 29.0 Å². The van der Waals surface area contributed by atoms with Crippen LogP contribution in [0.2, 0.25) is 0 Å². The lowest BCUT2D eigenvalue weighted by molar-refractivity contribution is 0.129. The van der Waals surface area contributed by atoms with Crippen molar-refractivity contribution in [1.82, 2.24) is 15.1 Å². The molecule has 0 amide bonds. The van der Waals surface area contributed by atoms with Gasteiger partial charge in [0.1, 0.15) is 0 Å². The van der Waals surface area contributed by atoms with Gasteiger partial charge >= 0.3 is 0 Å². The molecule has 5 heteroatoms. The lowest BCUT2D eigenvalue weighted by Gasteiger charge is -2.39. The number of rotatable bonds is 4. The van der Waals surface area contributed by atoms with E-state index in [1.54, 1.807) is 12.4 Å². The fourth-order valence-corrected chi connectivity index (χ4v) is 2.40. The van der Waals surface area contributed by atoms with Gasteiger partial charge in [-0.1, -0.05) is 11.6 Å². The van der Waals surface area contributed by atoms with Crippen molar-refractivity contribution in [3.63, 3.8) is 0 Å². The molecule has 1 aliphatic rings. The smallest absolute Gasteiger partial charge is 0.227 e. The van der Waals surface area contributed by atoms with Gasteiger partial charge in [0.2, 0.25) is 11.7 Å². The molecule has 2 aromatic rings. The van der Waals surface area contributed by atoms with E-state index in [0.29, 0.717) is 18.3 Å². The van der Waals surface area contributed by atoms with Crippen LogP contribution in [0.4, 0.5) is 0 Å². The van der Waals surface area contributed by atoms with Crippen LogP contribution in [-0.4, -0.2) is 21.7 Å². The molecule has 3 rings (SSSR count). The fraction of sp³-hybridized carbons (Fsp3) is 0.462. The minimum absolute atomic E-state index is 0.196. The predicted octanol–water partition coefficient (Wildman–Crippen LogP) is 1.80. The Bertz CT molecular complexity index is 513. The minimum Gasteiger partial charge on any atom is -0.339 e. The first kappa shape index (κ1) is 11.3. The highest BCUT2D eigenvalue weighted by Crippen LogP contribution is 2.42. The molecule has 18 heavy (non-hydrogen) atoms. The Morgan fingerprint density at radius 2 is 2.06 bits per heavy atom. The molecule has 2 N–H and O–H groups in total. The molecule has 0 aromatic carbocycles. The van der Waals surface area contributed by atoms with Gasteiger partial charge in [0.15, 0.2) is 0 Å². The average molecular weight is 244 g/mol. The Balaban J connectivity index is 1.78. The summed E-state index contributed by atoms with van der Waals surface area (Å²) in [6.45, 7) is 0.694. The Morgan fingerprint density at radius 1 is 1.28 bits per heavy atom. The van der Waals surface area contributed by atoms with E-state index in [9.17, 15) is 0 Å². The summed E-state index contributed by atoms with van der Waals surface area (Å²) in [4.78, 5) is 8.40. The molecular formula is C13H16N4O. The third-order valence-corrected chi connectivity index (χ3v) is 3.78. The van der Waals surface area contributed by atoms with Gasteiger partial charge in [0.05, 0.1) is 0 Å². The van der Waals surface area contributed by atoms with E-state index in [1.165, 1.54) is 6.42 Å². The summed E-state index contributed by atoms with van der Waals surface area (Å²) < 4.78 is 5.32. The zero-order valence-electron chi connectivity index (χ0n) is 10.2. The largest absolute Gasteiger partial charge is 0.339 e. The van der Waals surface area contributed by atoms with E-state index in [-0.39, 0.29) is 5.41 Å². The average Bonchev–Trinajstić information content (AvgIpc) is 2.83. The van der Waals surface area contributed by atoms with Gasteiger partial charge < -0.3 is 10.3 Å². The molecule has 1 saturated carbocycles. The number of nitrogens with zero attached hydrogens (tertiary/aromatic N) is 3. The number of pyridine rings is 1. The van der Waals surface area contributed by atoms with Crippen LogP contribution in [0.1, 0.15) is 25.2 Å². The van der Waals surface area contributed by atoms with Crippen molar-refractivity contribution in [3.8, 4) is 11.4 Å². The van der Waals surface area contributed by atoms with Crippen LogP contribution in [0.5, 0.6) is 0 Å². The molecule has 94 valence electrons. The summed E-state index contributed by atoms with van der Waals surface area (Å²) in [6, 6.07) is 3.74. The molecule has 0 radical (unpaired) electrons. The molecule has 0 aliphatic heterocycles. The van der Waals surface area contributed by atoms with Crippen molar-refractivity contribution in [2.75, 3.05) is 6.54 Å². The van der Waals surface area contributed by atoms with E-state index in [4.69, 9.17) is 10.3 Å². The number of hydrogen-bond donors (Lipinski definition) is 1. The monoisotopic (exact) mass is 244 g/mol. The van der Waals surface area contributed by atoms with Gasteiger partial charge in [-0.3, -0.25) is 4.98 Å². The normalized spacial score (nSPS) is 17.4. The molecule has 0 unspecified atom stereocenters. The van der Waals surface area contributed by atoms with Crippen molar-refractivity contribution >= 4 is 0 Å². The maximum atomic E-state index is 5.84. The van der Waals surface area contributed by atoms with Gasteiger partial charge in [-0.15, -0.1) is 0 Å². The topological polar surface area (TPSA) is 77.8 Å². The van der Waals surface area contributed by atoms with Crippen LogP contribution in [0, 0.1) is 5.41 Å². The quantitative estimate of drug-likeness (QED) is 0.887. The Labute approximate surface area is 105 Å². The molecule has 0 saturated heterocycles. The maximum Gasteiger partial charge on any atom is 0.227 e. The summed E-state index contributed by atoms with van der Waals surface area (Å²) in [7, 11) is 0. The lowest BCUT2D eigenvalue weighted by Crippen LogP contribution is -2.39. The highest BCUT2D eigenvalue weighted by Gasteiger charge is 2.37. The second kappa shape index (κ2) is 4.49. The molecule has 1 aliphatic carbocycles. The molecule has 2 aromatic heterocycles. The molecule has 2 heterocycles. The second-order valence-electron chi connectivity index (χ2n) is 4.98. The van der Waals surface area contributed by atoms with E-state index >= 15 is 0 Å². The van der Waals surface area contributed by atoms with E-state index in [2.05, 4.69) is 15.1 Å². The van der Waals surface area contributed by atoms with Gasteiger partial charge in [-0.05, 0) is 36.9 Å². The number of hydrogen-bond acceptors (Lipinski definition) is 5. The standard InChI is InChI=1S/C13H16N4O/c14-9-13(4-1-5-13)8-11-16-12(17-18-11)10-2-6-15-7-3-10/h2-3,6-7H,1,4-5,8-9,14H2. The molecule has 1 fully saturated rings. The van der Waals surface area contributed by atoms with Crippen molar-refractivity contribution in [1.29, 1.82) is 0 Å². The van der Waals surface area contributed by atoms with Gasteiger partial charge in [0.25, 0.3) is 0 Å². The molecule has 5 nitrogen and oxygen atoms in total. The molecular weight excluding hydrogens is 228 g/mol. The molecule has 0 bridgehead atoms. The first-order chi connectivity index (χ1) is 8.81. The van der Waals surface area contributed by atoms with Gasteiger partial charge in [-0.25, -0.2) is 0 Å². The maximum absolute atomic E-state index is 5.84. The van der Waals surface area contributed by atoms with Crippen LogP contribution in [0.25, 0.3) is 11.4 Å². The summed E-state index contributed by atoms with van der Waals surface area (Å²) in [5, 5.41) is 4.01. The Kier molecular flexibility index (Phi) is 2.83. The third-order valence-electron chi connectivity index (χ3n) is 3.78. The first-order valence-electron chi connectivity index (χ1n) is 6.24. The fourth-order valence-electron chi connectivity index (χ4n) is 2.40. The van der Waals surface area contributed by atoms with Crippen molar-refractivity contribution in [2.45, 2.75) is 25.7 Å². The SMILES string of the molecule is NCC1(Cc2nc(-c3ccncc3)no2)CCC1. The van der Waals surface area contributed by atoms with Crippen molar-refractivity contribution < 1.29 is 4.52 Å². The van der Waals surface area contributed by atoms with E-state index in [0.717, 1.165) is 24.8 Å². The minimum atomic E-state index is 0.196. The zero-order chi connectivity index (χ0) is 12.4. The van der Waals surface area contributed by atoms with Crippen molar-refractivity contribution in [2.24, 2.45) is 11.1 Å². The third kappa shape index (κ3) is 2.01. The van der Waals surface area contributed by atoms with E-state index in [1.807, 2.05) is 12.1 Å². The lowest BCUT2D eigenvalue weighted by atomic mass is 9.67. The zero-order valence-corrected chi connectivity index (χ0v) is 10.2.